The predicted molar refractivity (Wildman–Crippen MR) is 85.2 cm³/mol. The maximum atomic E-state index is 6.43. The van der Waals surface area contributed by atoms with E-state index in [0.717, 1.165) is 35.9 Å². The van der Waals surface area contributed by atoms with E-state index in [9.17, 15) is 0 Å². The zero-order chi connectivity index (χ0) is 14.6. The average Bonchev–Trinajstić information content (AvgIpc) is 2.47. The molecule has 1 fully saturated rings. The highest BCUT2D eigenvalue weighted by Gasteiger charge is 2.42. The first kappa shape index (κ1) is 15.8. The topological polar surface area (TPSA) is 21.3 Å². The summed E-state index contributed by atoms with van der Waals surface area (Å²) in [7, 11) is 1.84. The normalized spacial score (nSPS) is 28.3. The maximum Gasteiger partial charge on any atom is 0.0873 e. The van der Waals surface area contributed by atoms with Gasteiger partial charge >= 0.3 is 0 Å². The Bertz CT molecular complexity index is 427. The molecular formula is C17H26ClNO. The van der Waals surface area contributed by atoms with Crippen LogP contribution in [0, 0.1) is 5.92 Å². The van der Waals surface area contributed by atoms with Crippen LogP contribution in [-0.2, 0) is 4.74 Å². The first-order valence-corrected chi connectivity index (χ1v) is 8.03. The SMILES string of the molecule is CCNC(c1ccccc1Cl)C1(OC)CCC(C)CC1. The van der Waals surface area contributed by atoms with Gasteiger partial charge in [-0.1, -0.05) is 43.6 Å². The highest BCUT2D eigenvalue weighted by atomic mass is 35.5. The largest absolute Gasteiger partial charge is 0.376 e. The molecule has 0 spiro atoms. The van der Waals surface area contributed by atoms with Gasteiger partial charge in [0, 0.05) is 12.1 Å². The molecule has 0 aromatic heterocycles. The Labute approximate surface area is 127 Å². The maximum absolute atomic E-state index is 6.43. The van der Waals surface area contributed by atoms with Gasteiger partial charge in [0.1, 0.15) is 0 Å². The number of halogens is 1. The Kier molecular flexibility index (Phi) is 5.48. The number of rotatable bonds is 5. The van der Waals surface area contributed by atoms with Crippen LogP contribution in [0.3, 0.4) is 0 Å². The summed E-state index contributed by atoms with van der Waals surface area (Å²) in [5, 5.41) is 4.43. The van der Waals surface area contributed by atoms with Gasteiger partial charge in [0.2, 0.25) is 0 Å². The summed E-state index contributed by atoms with van der Waals surface area (Å²) in [4.78, 5) is 0. The van der Waals surface area contributed by atoms with E-state index in [-0.39, 0.29) is 11.6 Å². The molecule has 112 valence electrons. The zero-order valence-electron chi connectivity index (χ0n) is 12.8. The van der Waals surface area contributed by atoms with Crippen molar-refractivity contribution in [1.29, 1.82) is 0 Å². The smallest absolute Gasteiger partial charge is 0.0873 e. The molecule has 0 bridgehead atoms. The number of hydrogen-bond donors (Lipinski definition) is 1. The van der Waals surface area contributed by atoms with E-state index in [1.54, 1.807) is 0 Å². The Hall–Kier alpha value is -0.570. The van der Waals surface area contributed by atoms with E-state index in [0.29, 0.717) is 0 Å². The van der Waals surface area contributed by atoms with Crippen LogP contribution in [0.15, 0.2) is 24.3 Å². The highest BCUT2D eigenvalue weighted by Crippen LogP contribution is 2.44. The van der Waals surface area contributed by atoms with Gasteiger partial charge in [-0.2, -0.15) is 0 Å². The van der Waals surface area contributed by atoms with Crippen molar-refractivity contribution in [2.45, 2.75) is 51.2 Å². The van der Waals surface area contributed by atoms with Gasteiger partial charge in [0.15, 0.2) is 0 Å². The third-order valence-corrected chi connectivity index (χ3v) is 5.02. The summed E-state index contributed by atoms with van der Waals surface area (Å²) in [5.41, 5.74) is 1.03. The van der Waals surface area contributed by atoms with Gasteiger partial charge < -0.3 is 10.1 Å². The second kappa shape index (κ2) is 6.93. The zero-order valence-corrected chi connectivity index (χ0v) is 13.5. The minimum Gasteiger partial charge on any atom is -0.376 e. The molecule has 1 aromatic rings. The lowest BCUT2D eigenvalue weighted by Gasteiger charge is -2.44. The van der Waals surface area contributed by atoms with Crippen molar-refractivity contribution in [3.63, 3.8) is 0 Å². The van der Waals surface area contributed by atoms with Crippen molar-refractivity contribution < 1.29 is 4.74 Å². The number of methoxy groups -OCH3 is 1. The van der Waals surface area contributed by atoms with Crippen LogP contribution in [0.5, 0.6) is 0 Å². The number of nitrogens with one attached hydrogen (secondary N) is 1. The fourth-order valence-corrected chi connectivity index (χ4v) is 3.60. The van der Waals surface area contributed by atoms with Crippen molar-refractivity contribution in [3.05, 3.63) is 34.9 Å². The van der Waals surface area contributed by atoms with Gasteiger partial charge in [0.25, 0.3) is 0 Å². The van der Waals surface area contributed by atoms with Crippen LogP contribution >= 0.6 is 11.6 Å². The quantitative estimate of drug-likeness (QED) is 0.858. The predicted octanol–water partition coefficient (Wildman–Crippen LogP) is 4.59. The van der Waals surface area contributed by atoms with E-state index in [2.05, 4.69) is 31.3 Å². The van der Waals surface area contributed by atoms with Crippen molar-refractivity contribution in [2.24, 2.45) is 5.92 Å². The van der Waals surface area contributed by atoms with Gasteiger partial charge in [-0.3, -0.25) is 0 Å². The van der Waals surface area contributed by atoms with Crippen LogP contribution in [0.25, 0.3) is 0 Å². The Morgan fingerprint density at radius 2 is 2.00 bits per heavy atom. The first-order chi connectivity index (χ1) is 9.63. The van der Waals surface area contributed by atoms with Crippen molar-refractivity contribution in [2.75, 3.05) is 13.7 Å². The van der Waals surface area contributed by atoms with Gasteiger partial charge in [0.05, 0.1) is 11.6 Å². The summed E-state index contributed by atoms with van der Waals surface area (Å²) in [6, 6.07) is 8.29. The molecular weight excluding hydrogens is 270 g/mol. The van der Waals surface area contributed by atoms with Crippen molar-refractivity contribution in [1.82, 2.24) is 5.32 Å². The molecule has 0 heterocycles. The van der Waals surface area contributed by atoms with E-state index < -0.39 is 0 Å². The molecule has 2 nitrogen and oxygen atoms in total. The molecule has 0 amide bonds. The first-order valence-electron chi connectivity index (χ1n) is 7.66. The van der Waals surface area contributed by atoms with Crippen molar-refractivity contribution in [3.8, 4) is 0 Å². The lowest BCUT2D eigenvalue weighted by Crippen LogP contribution is -2.48. The van der Waals surface area contributed by atoms with Crippen molar-refractivity contribution >= 4 is 11.6 Å². The van der Waals surface area contributed by atoms with Gasteiger partial charge in [-0.15, -0.1) is 0 Å². The minimum absolute atomic E-state index is 0.131. The third kappa shape index (κ3) is 3.19. The fourth-order valence-electron chi connectivity index (χ4n) is 3.35. The number of likely N-dealkylation sites (N-methyl/N-ethyl adjacent to an activating group) is 1. The van der Waals surface area contributed by atoms with E-state index in [1.807, 2.05) is 19.2 Å². The molecule has 20 heavy (non-hydrogen) atoms. The standard InChI is InChI=1S/C17H26ClNO/c1-4-19-16(14-7-5-6-8-15(14)18)17(20-3)11-9-13(2)10-12-17/h5-8,13,16,19H,4,9-12H2,1-3H3. The Morgan fingerprint density at radius 1 is 1.35 bits per heavy atom. The molecule has 1 aromatic carbocycles. The molecule has 2 rings (SSSR count). The second-order valence-corrected chi connectivity index (χ2v) is 6.37. The van der Waals surface area contributed by atoms with Gasteiger partial charge in [-0.05, 0) is 49.8 Å². The molecule has 1 saturated carbocycles. The Balaban J connectivity index is 2.33. The summed E-state index contributed by atoms with van der Waals surface area (Å²) in [5.74, 6) is 0.798. The summed E-state index contributed by atoms with van der Waals surface area (Å²) in [6.07, 6.45) is 4.63. The lowest BCUT2D eigenvalue weighted by molar-refractivity contribution is -0.0757. The summed E-state index contributed by atoms with van der Waals surface area (Å²) >= 11 is 6.43. The van der Waals surface area contributed by atoms with E-state index in [4.69, 9.17) is 16.3 Å². The minimum atomic E-state index is -0.131. The van der Waals surface area contributed by atoms with Gasteiger partial charge in [-0.25, -0.2) is 0 Å². The van der Waals surface area contributed by atoms with Crippen LogP contribution in [0.1, 0.15) is 51.1 Å². The Morgan fingerprint density at radius 3 is 2.55 bits per heavy atom. The molecule has 0 aliphatic heterocycles. The molecule has 1 atom stereocenters. The third-order valence-electron chi connectivity index (χ3n) is 4.68. The molecule has 1 unspecified atom stereocenters. The lowest BCUT2D eigenvalue weighted by atomic mass is 9.73. The molecule has 3 heteroatoms. The van der Waals surface area contributed by atoms with Crippen LogP contribution < -0.4 is 5.32 Å². The molecule has 1 N–H and O–H groups in total. The van der Waals surface area contributed by atoms with Crippen LogP contribution in [-0.4, -0.2) is 19.3 Å². The summed E-state index contributed by atoms with van der Waals surface area (Å²) in [6.45, 7) is 5.38. The number of benzene rings is 1. The van der Waals surface area contributed by atoms with E-state index in [1.165, 1.54) is 12.8 Å². The molecule has 0 radical (unpaired) electrons. The van der Waals surface area contributed by atoms with Crippen LogP contribution in [0.4, 0.5) is 0 Å². The number of ether oxygens (including phenoxy) is 1. The second-order valence-electron chi connectivity index (χ2n) is 5.96. The fraction of sp³-hybridized carbons (Fsp3) is 0.647. The summed E-state index contributed by atoms with van der Waals surface area (Å²) < 4.78 is 6.03. The monoisotopic (exact) mass is 295 g/mol. The molecule has 1 aliphatic carbocycles. The number of hydrogen-bond acceptors (Lipinski definition) is 2. The van der Waals surface area contributed by atoms with Crippen LogP contribution in [0.2, 0.25) is 5.02 Å². The van der Waals surface area contributed by atoms with E-state index >= 15 is 0 Å². The average molecular weight is 296 g/mol. The molecule has 0 saturated heterocycles. The highest BCUT2D eigenvalue weighted by molar-refractivity contribution is 6.31. The molecule has 1 aliphatic rings.